The molecular formula is C17H23N2O4+. The van der Waals surface area contributed by atoms with Crippen molar-refractivity contribution in [3.63, 3.8) is 0 Å². The van der Waals surface area contributed by atoms with Crippen molar-refractivity contribution < 1.29 is 18.4 Å². The average molecular weight is 319 g/mol. The monoisotopic (exact) mass is 319 g/mol. The maximum absolute atomic E-state index is 12.1. The molecule has 0 saturated heterocycles. The van der Waals surface area contributed by atoms with Gasteiger partial charge in [-0.2, -0.15) is 0 Å². The predicted molar refractivity (Wildman–Crippen MR) is 88.9 cm³/mol. The number of hydrogen-bond donors (Lipinski definition) is 1. The largest absolute Gasteiger partial charge is 0.497 e. The van der Waals surface area contributed by atoms with Gasteiger partial charge in [-0.15, -0.1) is 0 Å². The molecule has 1 aromatic carbocycles. The summed E-state index contributed by atoms with van der Waals surface area (Å²) in [7, 11) is 7.82. The molecule has 6 heteroatoms. The SMILES string of the molecule is COc1ccc2oc(C(=O)NCCC[N+](C)(C)C)cc(=O)c2c1. The number of carbonyl (C=O) groups excluding carboxylic acids is 1. The van der Waals surface area contributed by atoms with Gasteiger partial charge in [0.25, 0.3) is 5.91 Å². The lowest BCUT2D eigenvalue weighted by Gasteiger charge is -2.23. The first kappa shape index (κ1) is 17.0. The molecule has 6 nitrogen and oxygen atoms in total. The highest BCUT2D eigenvalue weighted by molar-refractivity contribution is 5.93. The standard InChI is InChI=1S/C17H22N2O4/c1-19(2,3)9-5-8-18-17(21)16-11-14(20)13-10-12(22-4)6-7-15(13)23-16/h6-7,10-11H,5,8-9H2,1-4H3/p+1. The van der Waals surface area contributed by atoms with Gasteiger partial charge in [0, 0.05) is 19.0 Å². The summed E-state index contributed by atoms with van der Waals surface area (Å²) in [4.78, 5) is 24.3. The molecule has 2 rings (SSSR count). The van der Waals surface area contributed by atoms with Crippen molar-refractivity contribution in [3.8, 4) is 5.75 Å². The quantitative estimate of drug-likeness (QED) is 0.649. The number of benzene rings is 1. The summed E-state index contributed by atoms with van der Waals surface area (Å²) in [6.07, 6.45) is 0.851. The molecule has 23 heavy (non-hydrogen) atoms. The zero-order valence-electron chi connectivity index (χ0n) is 14.0. The van der Waals surface area contributed by atoms with Crippen LogP contribution >= 0.6 is 0 Å². The Labute approximate surface area is 135 Å². The van der Waals surface area contributed by atoms with Gasteiger partial charge in [0.2, 0.25) is 0 Å². The highest BCUT2D eigenvalue weighted by Crippen LogP contribution is 2.18. The molecule has 1 N–H and O–H groups in total. The van der Waals surface area contributed by atoms with Crippen LogP contribution in [0.15, 0.2) is 33.5 Å². The number of hydrogen-bond acceptors (Lipinski definition) is 4. The van der Waals surface area contributed by atoms with E-state index in [2.05, 4.69) is 26.5 Å². The van der Waals surface area contributed by atoms with Crippen molar-refractivity contribution in [2.75, 3.05) is 41.3 Å². The fourth-order valence-corrected chi connectivity index (χ4v) is 2.22. The molecule has 0 radical (unpaired) electrons. The summed E-state index contributed by atoms with van der Waals surface area (Å²) >= 11 is 0. The highest BCUT2D eigenvalue weighted by atomic mass is 16.5. The lowest BCUT2D eigenvalue weighted by molar-refractivity contribution is -0.870. The van der Waals surface area contributed by atoms with Crippen LogP contribution in [0.1, 0.15) is 17.0 Å². The van der Waals surface area contributed by atoms with Crippen LogP contribution in [-0.4, -0.2) is 51.7 Å². The van der Waals surface area contributed by atoms with Gasteiger partial charge >= 0.3 is 0 Å². The van der Waals surface area contributed by atoms with Crippen LogP contribution < -0.4 is 15.5 Å². The number of nitrogens with one attached hydrogen (secondary N) is 1. The third kappa shape index (κ3) is 4.56. The first-order valence-corrected chi connectivity index (χ1v) is 7.51. The van der Waals surface area contributed by atoms with Crippen molar-refractivity contribution in [1.29, 1.82) is 0 Å². The number of methoxy groups -OCH3 is 1. The van der Waals surface area contributed by atoms with Gasteiger partial charge in [0.1, 0.15) is 11.3 Å². The van der Waals surface area contributed by atoms with Crippen LogP contribution in [-0.2, 0) is 0 Å². The molecule has 0 bridgehead atoms. The van der Waals surface area contributed by atoms with Crippen LogP contribution in [0.25, 0.3) is 11.0 Å². The maximum Gasteiger partial charge on any atom is 0.287 e. The van der Waals surface area contributed by atoms with Crippen molar-refractivity contribution in [1.82, 2.24) is 5.32 Å². The number of ether oxygens (including phenoxy) is 1. The molecule has 0 aliphatic heterocycles. The van der Waals surface area contributed by atoms with Crippen molar-refractivity contribution >= 4 is 16.9 Å². The molecule has 0 unspecified atom stereocenters. The van der Waals surface area contributed by atoms with E-state index in [4.69, 9.17) is 9.15 Å². The van der Waals surface area contributed by atoms with Gasteiger partial charge in [0.05, 0.1) is 40.2 Å². The molecule has 0 atom stereocenters. The third-order valence-electron chi connectivity index (χ3n) is 3.45. The fourth-order valence-electron chi connectivity index (χ4n) is 2.22. The van der Waals surface area contributed by atoms with E-state index in [0.29, 0.717) is 23.3 Å². The van der Waals surface area contributed by atoms with E-state index < -0.39 is 0 Å². The first-order valence-electron chi connectivity index (χ1n) is 7.51. The molecule has 2 aromatic rings. The molecule has 0 fully saturated rings. The second-order valence-corrected chi connectivity index (χ2v) is 6.46. The molecule has 1 heterocycles. The van der Waals surface area contributed by atoms with E-state index in [1.54, 1.807) is 18.2 Å². The summed E-state index contributed by atoms with van der Waals surface area (Å²) in [6, 6.07) is 6.14. The van der Waals surface area contributed by atoms with E-state index in [0.717, 1.165) is 17.4 Å². The van der Waals surface area contributed by atoms with Crippen LogP contribution in [0, 0.1) is 0 Å². The van der Waals surface area contributed by atoms with E-state index in [1.807, 2.05) is 0 Å². The number of nitrogens with zero attached hydrogens (tertiary/aromatic N) is 1. The smallest absolute Gasteiger partial charge is 0.287 e. The lowest BCUT2D eigenvalue weighted by Crippen LogP contribution is -2.37. The van der Waals surface area contributed by atoms with E-state index in [1.165, 1.54) is 13.2 Å². The van der Waals surface area contributed by atoms with Gasteiger partial charge < -0.3 is 19.0 Å². The van der Waals surface area contributed by atoms with Crippen LogP contribution in [0.3, 0.4) is 0 Å². The summed E-state index contributed by atoms with van der Waals surface area (Å²) in [5.74, 6) is 0.224. The number of fused-ring (bicyclic) bond motifs is 1. The van der Waals surface area contributed by atoms with Gasteiger partial charge in [-0.05, 0) is 18.2 Å². The van der Waals surface area contributed by atoms with Gasteiger partial charge in [-0.25, -0.2) is 0 Å². The number of quaternary nitrogens is 1. The van der Waals surface area contributed by atoms with Gasteiger partial charge in [0.15, 0.2) is 11.2 Å². The van der Waals surface area contributed by atoms with Crippen LogP contribution in [0.5, 0.6) is 5.75 Å². The predicted octanol–water partition coefficient (Wildman–Crippen LogP) is 1.63. The minimum Gasteiger partial charge on any atom is -0.497 e. The van der Waals surface area contributed by atoms with Crippen LogP contribution in [0.4, 0.5) is 0 Å². The second kappa shape index (κ2) is 6.83. The summed E-state index contributed by atoms with van der Waals surface area (Å²) in [5.41, 5.74) is 0.108. The average Bonchev–Trinajstić information content (AvgIpc) is 2.50. The molecule has 1 amide bonds. The Morgan fingerprint density at radius 1 is 1.26 bits per heavy atom. The minimum absolute atomic E-state index is 0.0258. The highest BCUT2D eigenvalue weighted by Gasteiger charge is 2.13. The van der Waals surface area contributed by atoms with Crippen molar-refractivity contribution in [2.24, 2.45) is 0 Å². The fraction of sp³-hybridized carbons (Fsp3) is 0.412. The number of amides is 1. The third-order valence-corrected chi connectivity index (χ3v) is 3.45. The molecule has 0 aliphatic rings. The molecular weight excluding hydrogens is 296 g/mol. The first-order chi connectivity index (χ1) is 10.8. The molecule has 0 aliphatic carbocycles. The van der Waals surface area contributed by atoms with Crippen molar-refractivity contribution in [3.05, 3.63) is 40.2 Å². The number of carbonyl (C=O) groups is 1. The molecule has 124 valence electrons. The zero-order chi connectivity index (χ0) is 17.0. The molecule has 0 spiro atoms. The Hall–Kier alpha value is -2.34. The zero-order valence-corrected chi connectivity index (χ0v) is 14.0. The lowest BCUT2D eigenvalue weighted by atomic mass is 10.2. The van der Waals surface area contributed by atoms with E-state index in [-0.39, 0.29) is 17.1 Å². The Morgan fingerprint density at radius 2 is 2.00 bits per heavy atom. The molecule has 0 saturated carbocycles. The second-order valence-electron chi connectivity index (χ2n) is 6.46. The Bertz CT molecular complexity index is 759. The van der Waals surface area contributed by atoms with Gasteiger partial charge in [-0.3, -0.25) is 9.59 Å². The summed E-state index contributed by atoms with van der Waals surface area (Å²) in [5, 5.41) is 3.17. The maximum atomic E-state index is 12.1. The van der Waals surface area contributed by atoms with Crippen LogP contribution in [0.2, 0.25) is 0 Å². The Balaban J connectivity index is 2.11. The summed E-state index contributed by atoms with van der Waals surface area (Å²) < 4.78 is 11.5. The van der Waals surface area contributed by atoms with Crippen molar-refractivity contribution in [2.45, 2.75) is 6.42 Å². The summed E-state index contributed by atoms with van der Waals surface area (Å²) in [6.45, 7) is 1.49. The van der Waals surface area contributed by atoms with E-state index >= 15 is 0 Å². The molecule has 1 aromatic heterocycles. The number of rotatable bonds is 6. The van der Waals surface area contributed by atoms with Gasteiger partial charge in [-0.1, -0.05) is 0 Å². The minimum atomic E-state index is -0.374. The normalized spacial score (nSPS) is 11.5. The van der Waals surface area contributed by atoms with E-state index in [9.17, 15) is 9.59 Å². The topological polar surface area (TPSA) is 68.5 Å². The Kier molecular flexibility index (Phi) is 5.05. The Morgan fingerprint density at radius 3 is 2.65 bits per heavy atom.